The van der Waals surface area contributed by atoms with Crippen LogP contribution in [0.5, 0.6) is 0 Å². The lowest BCUT2D eigenvalue weighted by atomic mass is 10.2. The summed E-state index contributed by atoms with van der Waals surface area (Å²) in [6.07, 6.45) is 0.258. The Kier molecular flexibility index (Phi) is 4.53. The summed E-state index contributed by atoms with van der Waals surface area (Å²) in [6, 6.07) is 0. The van der Waals surface area contributed by atoms with Crippen LogP contribution in [0.3, 0.4) is 0 Å². The van der Waals surface area contributed by atoms with E-state index in [9.17, 15) is 0 Å². The van der Waals surface area contributed by atoms with E-state index >= 15 is 0 Å². The molecule has 0 saturated carbocycles. The molecule has 0 rings (SSSR count). The van der Waals surface area contributed by atoms with Crippen molar-refractivity contribution in [1.82, 2.24) is 0 Å². The van der Waals surface area contributed by atoms with Crippen LogP contribution in [0.4, 0.5) is 0 Å². The number of hydrogen-bond donors (Lipinski definition) is 0. The second kappa shape index (κ2) is 4.39. The van der Waals surface area contributed by atoms with Gasteiger partial charge in [-0.1, -0.05) is 0 Å². The highest BCUT2D eigenvalue weighted by atomic mass is 31.2. The van der Waals surface area contributed by atoms with E-state index in [1.165, 1.54) is 0 Å². The third kappa shape index (κ3) is 8.25. The maximum absolute atomic E-state index is 5.59. The molecule has 11 heavy (non-hydrogen) atoms. The van der Waals surface area contributed by atoms with Crippen molar-refractivity contribution in [2.45, 2.75) is 46.3 Å². The van der Waals surface area contributed by atoms with Gasteiger partial charge in [0, 0.05) is 6.66 Å². The third-order valence-electron chi connectivity index (χ3n) is 0.762. The zero-order valence-corrected chi connectivity index (χ0v) is 9.24. The van der Waals surface area contributed by atoms with E-state index in [-0.39, 0.29) is 11.7 Å². The van der Waals surface area contributed by atoms with Gasteiger partial charge in [-0.3, -0.25) is 0 Å². The minimum Gasteiger partial charge on any atom is -0.331 e. The van der Waals surface area contributed by atoms with Gasteiger partial charge in [-0.25, -0.2) is 0 Å². The summed E-state index contributed by atoms with van der Waals surface area (Å²) in [5, 5.41) is 0. The molecular weight excluding hydrogens is 159 g/mol. The van der Waals surface area contributed by atoms with E-state index in [2.05, 4.69) is 0 Å². The van der Waals surface area contributed by atoms with Crippen molar-refractivity contribution < 1.29 is 9.05 Å². The van der Waals surface area contributed by atoms with Crippen LogP contribution in [0.15, 0.2) is 0 Å². The van der Waals surface area contributed by atoms with Crippen molar-refractivity contribution in [2.24, 2.45) is 0 Å². The summed E-state index contributed by atoms with van der Waals surface area (Å²) >= 11 is 0. The van der Waals surface area contributed by atoms with Crippen LogP contribution in [0.1, 0.15) is 34.6 Å². The first kappa shape index (κ1) is 11.4. The molecule has 0 spiro atoms. The largest absolute Gasteiger partial charge is 0.331 e. The fraction of sp³-hybridized carbons (Fsp3) is 1.00. The molecule has 0 bridgehead atoms. The maximum Gasteiger partial charge on any atom is 0.167 e. The summed E-state index contributed by atoms with van der Waals surface area (Å²) in [5.41, 5.74) is -0.0880. The van der Waals surface area contributed by atoms with Crippen molar-refractivity contribution in [3.05, 3.63) is 0 Å². The third-order valence-corrected chi connectivity index (χ3v) is 2.29. The molecule has 0 aromatic heterocycles. The summed E-state index contributed by atoms with van der Waals surface area (Å²) in [4.78, 5) is 0. The van der Waals surface area contributed by atoms with Crippen LogP contribution in [-0.2, 0) is 9.05 Å². The van der Waals surface area contributed by atoms with Crippen LogP contribution in [0.25, 0.3) is 0 Å². The fourth-order valence-electron chi connectivity index (χ4n) is 0.704. The van der Waals surface area contributed by atoms with Gasteiger partial charge < -0.3 is 9.05 Å². The van der Waals surface area contributed by atoms with E-state index in [0.717, 1.165) is 0 Å². The van der Waals surface area contributed by atoms with Crippen LogP contribution >= 0.6 is 8.38 Å². The predicted octanol–water partition coefficient (Wildman–Crippen LogP) is 3.17. The molecule has 0 aliphatic heterocycles. The molecule has 1 unspecified atom stereocenters. The average Bonchev–Trinajstić information content (AvgIpc) is 1.53. The number of hydrogen-bond acceptors (Lipinski definition) is 2. The molecule has 0 aromatic carbocycles. The Bertz CT molecular complexity index is 107. The number of rotatable bonds is 3. The quantitative estimate of drug-likeness (QED) is 0.618. The predicted molar refractivity (Wildman–Crippen MR) is 49.9 cm³/mol. The lowest BCUT2D eigenvalue weighted by Crippen LogP contribution is -2.17. The topological polar surface area (TPSA) is 18.5 Å². The van der Waals surface area contributed by atoms with Gasteiger partial charge >= 0.3 is 0 Å². The van der Waals surface area contributed by atoms with E-state index in [0.29, 0.717) is 0 Å². The summed E-state index contributed by atoms with van der Waals surface area (Å²) in [5.74, 6) is 0. The van der Waals surface area contributed by atoms with E-state index in [1.54, 1.807) is 0 Å². The van der Waals surface area contributed by atoms with Gasteiger partial charge in [-0.2, -0.15) is 0 Å². The Morgan fingerprint density at radius 2 is 1.64 bits per heavy atom. The van der Waals surface area contributed by atoms with Gasteiger partial charge in [-0.15, -0.1) is 0 Å². The Hall–Kier alpha value is 0.350. The molecule has 0 aliphatic carbocycles. The maximum atomic E-state index is 5.59. The zero-order valence-electron chi connectivity index (χ0n) is 8.34. The first-order valence-corrected chi connectivity index (χ1v) is 5.53. The van der Waals surface area contributed by atoms with Crippen molar-refractivity contribution in [3.63, 3.8) is 0 Å². The molecule has 0 aromatic rings. The molecule has 0 fully saturated rings. The first-order chi connectivity index (χ1) is 4.81. The van der Waals surface area contributed by atoms with Crippen LogP contribution in [0, 0.1) is 0 Å². The van der Waals surface area contributed by atoms with E-state index in [4.69, 9.17) is 9.05 Å². The van der Waals surface area contributed by atoms with Crippen LogP contribution in [0.2, 0.25) is 0 Å². The average molecular weight is 178 g/mol. The minimum atomic E-state index is -0.708. The molecule has 1 atom stereocenters. The van der Waals surface area contributed by atoms with Crippen molar-refractivity contribution in [3.8, 4) is 0 Å². The van der Waals surface area contributed by atoms with Crippen molar-refractivity contribution in [2.75, 3.05) is 6.66 Å². The standard InChI is InChI=1S/C8H19O2P/c1-7(2)9-11(6)10-8(3,4)5/h7H,1-6H3. The second-order valence-electron chi connectivity index (χ2n) is 3.80. The van der Waals surface area contributed by atoms with Gasteiger partial charge in [0.25, 0.3) is 0 Å². The molecule has 3 heteroatoms. The molecule has 0 N–H and O–H groups in total. The molecule has 0 saturated heterocycles. The van der Waals surface area contributed by atoms with Gasteiger partial charge in [0.2, 0.25) is 0 Å². The van der Waals surface area contributed by atoms with Gasteiger partial charge in [0.15, 0.2) is 8.38 Å². The van der Waals surface area contributed by atoms with Crippen molar-refractivity contribution >= 4 is 8.38 Å². The lowest BCUT2D eigenvalue weighted by molar-refractivity contribution is 0.110. The molecule has 2 nitrogen and oxygen atoms in total. The Labute approximate surface area is 71.2 Å². The zero-order chi connectivity index (χ0) is 9.07. The highest BCUT2D eigenvalue weighted by Crippen LogP contribution is 2.39. The van der Waals surface area contributed by atoms with Gasteiger partial charge in [0.1, 0.15) is 0 Å². The normalized spacial score (nSPS) is 15.5. The Balaban J connectivity index is 3.61. The van der Waals surface area contributed by atoms with Crippen LogP contribution in [-0.4, -0.2) is 18.4 Å². The van der Waals surface area contributed by atoms with E-state index in [1.807, 2.05) is 41.3 Å². The molecule has 0 radical (unpaired) electrons. The summed E-state index contributed by atoms with van der Waals surface area (Å²) < 4.78 is 11.1. The second-order valence-corrected chi connectivity index (χ2v) is 5.07. The summed E-state index contributed by atoms with van der Waals surface area (Å²) in [7, 11) is -0.708. The minimum absolute atomic E-state index is 0.0880. The lowest BCUT2D eigenvalue weighted by Gasteiger charge is -2.25. The fourth-order valence-corrected chi connectivity index (χ4v) is 2.11. The Morgan fingerprint density at radius 1 is 1.18 bits per heavy atom. The van der Waals surface area contributed by atoms with Crippen LogP contribution < -0.4 is 0 Å². The molecule has 0 heterocycles. The van der Waals surface area contributed by atoms with Crippen molar-refractivity contribution in [1.29, 1.82) is 0 Å². The Morgan fingerprint density at radius 3 is 1.91 bits per heavy atom. The smallest absolute Gasteiger partial charge is 0.167 e. The highest BCUT2D eigenvalue weighted by molar-refractivity contribution is 7.46. The SMILES string of the molecule is CC(C)OP(C)OC(C)(C)C. The molecular formula is C8H19O2P. The van der Waals surface area contributed by atoms with Gasteiger partial charge in [0.05, 0.1) is 11.7 Å². The monoisotopic (exact) mass is 178 g/mol. The molecule has 0 amide bonds. The summed E-state index contributed by atoms with van der Waals surface area (Å²) in [6.45, 7) is 12.1. The van der Waals surface area contributed by atoms with Gasteiger partial charge in [-0.05, 0) is 34.6 Å². The molecule has 68 valence electrons. The van der Waals surface area contributed by atoms with E-state index < -0.39 is 8.38 Å². The molecule has 0 aliphatic rings. The highest BCUT2D eigenvalue weighted by Gasteiger charge is 2.16. The first-order valence-electron chi connectivity index (χ1n) is 3.91.